The van der Waals surface area contributed by atoms with Gasteiger partial charge in [0.1, 0.15) is 0 Å². The van der Waals surface area contributed by atoms with Crippen LogP contribution in [0, 0.1) is 0 Å². The Kier molecular flexibility index (Phi) is 3.69. The predicted molar refractivity (Wildman–Crippen MR) is 82.3 cm³/mol. The summed E-state index contributed by atoms with van der Waals surface area (Å²) in [6.45, 7) is 0. The standard InChI is InChI=1S/C14H13BrS2/c15-14-10(12-6-2-8-16-12)4-1-5-11(14)13-7-3-9-17-13/h1-5,8-9,12-13H,6-7H2. The van der Waals surface area contributed by atoms with Crippen LogP contribution in [0.4, 0.5) is 0 Å². The molecule has 0 saturated heterocycles. The van der Waals surface area contributed by atoms with Crippen molar-refractivity contribution in [2.24, 2.45) is 0 Å². The lowest BCUT2D eigenvalue weighted by atomic mass is 10.0. The topological polar surface area (TPSA) is 0 Å². The molecule has 3 rings (SSSR count). The van der Waals surface area contributed by atoms with Gasteiger partial charge >= 0.3 is 0 Å². The highest BCUT2D eigenvalue weighted by Crippen LogP contribution is 2.47. The Bertz CT molecular complexity index is 423. The number of rotatable bonds is 2. The van der Waals surface area contributed by atoms with E-state index in [4.69, 9.17) is 0 Å². The van der Waals surface area contributed by atoms with E-state index in [-0.39, 0.29) is 0 Å². The second-order valence-corrected chi connectivity index (χ2v) is 7.23. The third-order valence-corrected chi connectivity index (χ3v) is 6.30. The molecule has 0 aliphatic carbocycles. The smallest absolute Gasteiger partial charge is 0.0384 e. The van der Waals surface area contributed by atoms with Gasteiger partial charge in [-0.25, -0.2) is 0 Å². The van der Waals surface area contributed by atoms with E-state index < -0.39 is 0 Å². The highest BCUT2D eigenvalue weighted by Gasteiger charge is 2.22. The Morgan fingerprint density at radius 2 is 1.47 bits per heavy atom. The Morgan fingerprint density at radius 1 is 0.941 bits per heavy atom. The van der Waals surface area contributed by atoms with Crippen LogP contribution in [0.25, 0.3) is 0 Å². The number of hydrogen-bond donors (Lipinski definition) is 0. The fraction of sp³-hybridized carbons (Fsp3) is 0.286. The van der Waals surface area contributed by atoms with Crippen LogP contribution >= 0.6 is 39.5 Å². The van der Waals surface area contributed by atoms with Crippen molar-refractivity contribution in [3.05, 3.63) is 56.8 Å². The summed E-state index contributed by atoms with van der Waals surface area (Å²) in [6, 6.07) is 6.71. The maximum absolute atomic E-state index is 3.82. The van der Waals surface area contributed by atoms with E-state index in [1.54, 1.807) is 0 Å². The molecular weight excluding hydrogens is 312 g/mol. The molecule has 2 aliphatic rings. The van der Waals surface area contributed by atoms with Crippen LogP contribution in [0.3, 0.4) is 0 Å². The number of allylic oxidation sites excluding steroid dienone is 2. The zero-order valence-electron chi connectivity index (χ0n) is 9.30. The van der Waals surface area contributed by atoms with Gasteiger partial charge < -0.3 is 0 Å². The van der Waals surface area contributed by atoms with Crippen LogP contribution in [0.15, 0.2) is 45.6 Å². The summed E-state index contributed by atoms with van der Waals surface area (Å²) in [5, 5.41) is 5.64. The van der Waals surface area contributed by atoms with Gasteiger partial charge in [0.05, 0.1) is 0 Å². The zero-order valence-corrected chi connectivity index (χ0v) is 12.5. The fourth-order valence-electron chi connectivity index (χ4n) is 2.24. The quantitative estimate of drug-likeness (QED) is 0.671. The van der Waals surface area contributed by atoms with Crippen molar-refractivity contribution in [3.8, 4) is 0 Å². The maximum atomic E-state index is 3.82. The minimum Gasteiger partial charge on any atom is -0.126 e. The Labute approximate surface area is 119 Å². The van der Waals surface area contributed by atoms with Crippen molar-refractivity contribution in [1.82, 2.24) is 0 Å². The second-order valence-electron chi connectivity index (χ2n) is 4.21. The number of hydrogen-bond acceptors (Lipinski definition) is 2. The number of benzene rings is 1. The summed E-state index contributed by atoms with van der Waals surface area (Å²) in [5.41, 5.74) is 2.90. The fourth-order valence-corrected chi connectivity index (χ4v) is 5.31. The van der Waals surface area contributed by atoms with Gasteiger partial charge in [-0.15, -0.1) is 23.5 Å². The Morgan fingerprint density at radius 3 is 1.88 bits per heavy atom. The van der Waals surface area contributed by atoms with Crippen molar-refractivity contribution in [1.29, 1.82) is 0 Å². The number of halogens is 1. The van der Waals surface area contributed by atoms with E-state index in [0.29, 0.717) is 10.5 Å². The number of thioether (sulfide) groups is 2. The normalized spacial score (nSPS) is 26.9. The minimum absolute atomic E-state index is 0.601. The van der Waals surface area contributed by atoms with Crippen LogP contribution in [-0.4, -0.2) is 0 Å². The van der Waals surface area contributed by atoms with E-state index in [1.807, 2.05) is 23.5 Å². The summed E-state index contributed by atoms with van der Waals surface area (Å²) in [7, 11) is 0. The summed E-state index contributed by atoms with van der Waals surface area (Å²) in [5.74, 6) is 0. The van der Waals surface area contributed by atoms with Gasteiger partial charge in [0, 0.05) is 15.0 Å². The van der Waals surface area contributed by atoms with Gasteiger partial charge in [-0.2, -0.15) is 0 Å². The van der Waals surface area contributed by atoms with Gasteiger partial charge in [-0.05, 0) is 34.8 Å². The average Bonchev–Trinajstić information content (AvgIpc) is 3.02. The van der Waals surface area contributed by atoms with E-state index in [2.05, 4.69) is 57.1 Å². The van der Waals surface area contributed by atoms with Gasteiger partial charge in [-0.3, -0.25) is 0 Å². The summed E-state index contributed by atoms with van der Waals surface area (Å²) in [4.78, 5) is 0. The van der Waals surface area contributed by atoms with Crippen molar-refractivity contribution >= 4 is 39.5 Å². The molecule has 88 valence electrons. The molecule has 0 amide bonds. The molecule has 3 heteroatoms. The van der Waals surface area contributed by atoms with E-state index in [9.17, 15) is 0 Å². The molecule has 2 unspecified atom stereocenters. The van der Waals surface area contributed by atoms with Crippen LogP contribution in [0.1, 0.15) is 34.5 Å². The largest absolute Gasteiger partial charge is 0.126 e. The highest BCUT2D eigenvalue weighted by molar-refractivity contribution is 9.10. The molecule has 0 N–H and O–H groups in total. The first-order valence-electron chi connectivity index (χ1n) is 5.75. The lowest BCUT2D eigenvalue weighted by molar-refractivity contribution is 0.943. The molecule has 17 heavy (non-hydrogen) atoms. The molecule has 1 aromatic carbocycles. The summed E-state index contributed by atoms with van der Waals surface area (Å²) < 4.78 is 1.32. The van der Waals surface area contributed by atoms with Crippen LogP contribution in [0.2, 0.25) is 0 Å². The third-order valence-electron chi connectivity index (χ3n) is 3.13. The SMILES string of the molecule is Brc1c(C2CC=CS2)cccc1C1CC=CS1. The first kappa shape index (κ1) is 11.9. The lowest BCUT2D eigenvalue weighted by Crippen LogP contribution is -1.97. The molecule has 0 saturated carbocycles. The zero-order chi connectivity index (χ0) is 11.7. The highest BCUT2D eigenvalue weighted by atomic mass is 79.9. The van der Waals surface area contributed by atoms with Crippen molar-refractivity contribution in [2.75, 3.05) is 0 Å². The monoisotopic (exact) mass is 324 g/mol. The molecule has 2 atom stereocenters. The molecular formula is C14H13BrS2. The first-order valence-corrected chi connectivity index (χ1v) is 8.43. The average molecular weight is 325 g/mol. The molecule has 0 bridgehead atoms. The van der Waals surface area contributed by atoms with Crippen LogP contribution < -0.4 is 0 Å². The molecule has 0 radical (unpaired) electrons. The van der Waals surface area contributed by atoms with Crippen molar-refractivity contribution in [2.45, 2.75) is 23.3 Å². The Balaban J connectivity index is 1.92. The molecule has 2 aliphatic heterocycles. The van der Waals surface area contributed by atoms with Crippen LogP contribution in [0.5, 0.6) is 0 Å². The molecule has 0 aromatic heterocycles. The minimum atomic E-state index is 0.601. The van der Waals surface area contributed by atoms with Gasteiger partial charge in [-0.1, -0.05) is 46.3 Å². The predicted octanol–water partition coefficient (Wildman–Crippen LogP) is 5.83. The van der Waals surface area contributed by atoms with Crippen molar-refractivity contribution < 1.29 is 0 Å². The van der Waals surface area contributed by atoms with Gasteiger partial charge in [0.15, 0.2) is 0 Å². The summed E-state index contributed by atoms with van der Waals surface area (Å²) in [6.07, 6.45) is 6.84. The van der Waals surface area contributed by atoms with E-state index >= 15 is 0 Å². The van der Waals surface area contributed by atoms with Crippen molar-refractivity contribution in [3.63, 3.8) is 0 Å². The molecule has 0 spiro atoms. The maximum Gasteiger partial charge on any atom is 0.0384 e. The van der Waals surface area contributed by atoms with Gasteiger partial charge in [0.2, 0.25) is 0 Å². The molecule has 1 aromatic rings. The van der Waals surface area contributed by atoms with Crippen LogP contribution in [-0.2, 0) is 0 Å². The molecule has 0 fully saturated rings. The lowest BCUT2D eigenvalue weighted by Gasteiger charge is -2.17. The molecule has 2 heterocycles. The molecule has 0 nitrogen and oxygen atoms in total. The first-order chi connectivity index (χ1) is 8.36. The van der Waals surface area contributed by atoms with Gasteiger partial charge in [0.25, 0.3) is 0 Å². The third kappa shape index (κ3) is 2.38. The van der Waals surface area contributed by atoms with E-state index in [1.165, 1.54) is 15.6 Å². The second kappa shape index (κ2) is 5.25. The Hall–Kier alpha value is -0.120. The summed E-state index contributed by atoms with van der Waals surface area (Å²) >= 11 is 7.67. The van der Waals surface area contributed by atoms with E-state index in [0.717, 1.165) is 12.8 Å².